The standard InChI is InChI=1S/C18H29BrN2O2/c1-5-6-7-10-20-12-14-11-15(19)8-9-16(14)23-13-17(22)21-18(2,3)4/h8-9,11,20H,5-7,10,12-13H2,1-4H3,(H,21,22). The lowest BCUT2D eigenvalue weighted by atomic mass is 10.1. The Morgan fingerprint density at radius 2 is 2.00 bits per heavy atom. The third kappa shape index (κ3) is 8.96. The lowest BCUT2D eigenvalue weighted by Crippen LogP contribution is -2.43. The van der Waals surface area contributed by atoms with E-state index in [0.717, 1.165) is 28.9 Å². The van der Waals surface area contributed by atoms with Crippen molar-refractivity contribution in [1.82, 2.24) is 10.6 Å². The summed E-state index contributed by atoms with van der Waals surface area (Å²) in [6.07, 6.45) is 3.63. The van der Waals surface area contributed by atoms with Gasteiger partial charge in [0.15, 0.2) is 6.61 Å². The summed E-state index contributed by atoms with van der Waals surface area (Å²) >= 11 is 3.49. The van der Waals surface area contributed by atoms with E-state index in [-0.39, 0.29) is 18.1 Å². The lowest BCUT2D eigenvalue weighted by Gasteiger charge is -2.21. The van der Waals surface area contributed by atoms with Crippen LogP contribution in [-0.4, -0.2) is 24.6 Å². The average molecular weight is 385 g/mol. The van der Waals surface area contributed by atoms with Crippen LogP contribution in [0.5, 0.6) is 5.75 Å². The SMILES string of the molecule is CCCCCNCc1cc(Br)ccc1OCC(=O)NC(C)(C)C. The molecule has 0 aromatic heterocycles. The normalized spacial score (nSPS) is 11.3. The summed E-state index contributed by atoms with van der Waals surface area (Å²) in [6.45, 7) is 9.82. The second-order valence-corrected chi connectivity index (χ2v) is 7.64. The highest BCUT2D eigenvalue weighted by molar-refractivity contribution is 9.10. The molecule has 0 bridgehead atoms. The predicted octanol–water partition coefficient (Wildman–Crippen LogP) is 4.02. The molecule has 0 saturated heterocycles. The molecule has 2 N–H and O–H groups in total. The largest absolute Gasteiger partial charge is 0.483 e. The van der Waals surface area contributed by atoms with Crippen LogP contribution in [0.2, 0.25) is 0 Å². The van der Waals surface area contributed by atoms with Gasteiger partial charge < -0.3 is 15.4 Å². The number of halogens is 1. The summed E-state index contributed by atoms with van der Waals surface area (Å²) < 4.78 is 6.71. The Balaban J connectivity index is 2.55. The van der Waals surface area contributed by atoms with E-state index >= 15 is 0 Å². The van der Waals surface area contributed by atoms with Gasteiger partial charge in [-0.3, -0.25) is 4.79 Å². The van der Waals surface area contributed by atoms with Crippen LogP contribution < -0.4 is 15.4 Å². The molecule has 0 unspecified atom stereocenters. The number of hydrogen-bond donors (Lipinski definition) is 2. The van der Waals surface area contributed by atoms with Crippen LogP contribution in [-0.2, 0) is 11.3 Å². The van der Waals surface area contributed by atoms with Crippen LogP contribution in [0.25, 0.3) is 0 Å². The zero-order valence-corrected chi connectivity index (χ0v) is 16.3. The van der Waals surface area contributed by atoms with Crippen molar-refractivity contribution < 1.29 is 9.53 Å². The molecule has 5 heteroatoms. The molecule has 0 saturated carbocycles. The highest BCUT2D eigenvalue weighted by Crippen LogP contribution is 2.23. The Labute approximate surface area is 148 Å². The van der Waals surface area contributed by atoms with E-state index < -0.39 is 0 Å². The molecular formula is C18H29BrN2O2. The second-order valence-electron chi connectivity index (χ2n) is 6.72. The number of carbonyl (C=O) groups excluding carboxylic acids is 1. The van der Waals surface area contributed by atoms with E-state index in [2.05, 4.69) is 33.5 Å². The zero-order chi connectivity index (χ0) is 17.3. The Hall–Kier alpha value is -1.07. The Morgan fingerprint density at radius 1 is 1.26 bits per heavy atom. The molecule has 0 spiro atoms. The topological polar surface area (TPSA) is 50.4 Å². The Kier molecular flexibility index (Phi) is 8.63. The van der Waals surface area contributed by atoms with Crippen LogP contribution in [0, 0.1) is 0 Å². The van der Waals surface area contributed by atoms with Crippen molar-refractivity contribution in [3.8, 4) is 5.75 Å². The molecule has 1 aromatic carbocycles. The maximum Gasteiger partial charge on any atom is 0.258 e. The number of unbranched alkanes of at least 4 members (excludes halogenated alkanes) is 2. The molecule has 4 nitrogen and oxygen atoms in total. The van der Waals surface area contributed by atoms with E-state index in [4.69, 9.17) is 4.74 Å². The zero-order valence-electron chi connectivity index (χ0n) is 14.7. The number of carbonyl (C=O) groups is 1. The summed E-state index contributed by atoms with van der Waals surface area (Å²) in [6, 6.07) is 5.86. The van der Waals surface area contributed by atoms with Gasteiger partial charge in [0.1, 0.15) is 5.75 Å². The van der Waals surface area contributed by atoms with E-state index in [1.165, 1.54) is 19.3 Å². The van der Waals surface area contributed by atoms with Gasteiger partial charge in [-0.25, -0.2) is 0 Å². The minimum Gasteiger partial charge on any atom is -0.483 e. The molecule has 0 heterocycles. The molecule has 130 valence electrons. The summed E-state index contributed by atoms with van der Waals surface area (Å²) in [4.78, 5) is 11.9. The fourth-order valence-electron chi connectivity index (χ4n) is 2.15. The summed E-state index contributed by atoms with van der Waals surface area (Å²) in [5.41, 5.74) is 0.809. The van der Waals surface area contributed by atoms with Crippen LogP contribution >= 0.6 is 15.9 Å². The van der Waals surface area contributed by atoms with Crippen LogP contribution in [0.4, 0.5) is 0 Å². The predicted molar refractivity (Wildman–Crippen MR) is 98.8 cm³/mol. The van der Waals surface area contributed by atoms with E-state index in [9.17, 15) is 4.79 Å². The van der Waals surface area contributed by atoms with Gasteiger partial charge >= 0.3 is 0 Å². The molecule has 1 rings (SSSR count). The lowest BCUT2D eigenvalue weighted by molar-refractivity contribution is -0.124. The molecular weight excluding hydrogens is 356 g/mol. The third-order valence-electron chi connectivity index (χ3n) is 3.17. The van der Waals surface area contributed by atoms with Gasteiger partial charge in [-0.1, -0.05) is 35.7 Å². The van der Waals surface area contributed by atoms with Gasteiger partial charge in [-0.05, 0) is 51.9 Å². The molecule has 0 fully saturated rings. The fraction of sp³-hybridized carbons (Fsp3) is 0.611. The molecule has 0 aliphatic heterocycles. The van der Waals surface area contributed by atoms with Crippen molar-refractivity contribution in [2.24, 2.45) is 0 Å². The Morgan fingerprint density at radius 3 is 2.65 bits per heavy atom. The van der Waals surface area contributed by atoms with E-state index in [1.807, 2.05) is 39.0 Å². The molecule has 1 amide bonds. The first-order chi connectivity index (χ1) is 10.8. The highest BCUT2D eigenvalue weighted by Gasteiger charge is 2.14. The van der Waals surface area contributed by atoms with Gasteiger partial charge in [-0.2, -0.15) is 0 Å². The molecule has 23 heavy (non-hydrogen) atoms. The van der Waals surface area contributed by atoms with Gasteiger partial charge in [0.25, 0.3) is 5.91 Å². The molecule has 0 radical (unpaired) electrons. The quantitative estimate of drug-likeness (QED) is 0.632. The average Bonchev–Trinajstić information content (AvgIpc) is 2.44. The first-order valence-corrected chi connectivity index (χ1v) is 9.04. The molecule has 0 aliphatic carbocycles. The van der Waals surface area contributed by atoms with Gasteiger partial charge in [0.05, 0.1) is 0 Å². The van der Waals surface area contributed by atoms with Crippen molar-refractivity contribution in [3.63, 3.8) is 0 Å². The van der Waals surface area contributed by atoms with Crippen molar-refractivity contribution in [1.29, 1.82) is 0 Å². The van der Waals surface area contributed by atoms with Crippen LogP contribution in [0.3, 0.4) is 0 Å². The summed E-state index contributed by atoms with van der Waals surface area (Å²) in [5, 5.41) is 6.33. The Bertz CT molecular complexity index is 498. The van der Waals surface area contributed by atoms with Crippen LogP contribution in [0.1, 0.15) is 52.5 Å². The minimum atomic E-state index is -0.246. The first-order valence-electron chi connectivity index (χ1n) is 8.25. The van der Waals surface area contributed by atoms with Crippen molar-refractivity contribution in [2.75, 3.05) is 13.2 Å². The van der Waals surface area contributed by atoms with Crippen LogP contribution in [0.15, 0.2) is 22.7 Å². The smallest absolute Gasteiger partial charge is 0.258 e. The van der Waals surface area contributed by atoms with Crippen molar-refractivity contribution >= 4 is 21.8 Å². The number of rotatable bonds is 9. The molecule has 0 aliphatic rings. The third-order valence-corrected chi connectivity index (χ3v) is 3.66. The molecule has 1 aromatic rings. The highest BCUT2D eigenvalue weighted by atomic mass is 79.9. The van der Waals surface area contributed by atoms with Crippen molar-refractivity contribution in [3.05, 3.63) is 28.2 Å². The van der Waals surface area contributed by atoms with E-state index in [1.54, 1.807) is 0 Å². The minimum absolute atomic E-state index is 0.0295. The monoisotopic (exact) mass is 384 g/mol. The van der Waals surface area contributed by atoms with Gasteiger partial charge in [0, 0.05) is 22.1 Å². The number of hydrogen-bond acceptors (Lipinski definition) is 3. The first kappa shape index (κ1) is 20.0. The fourth-order valence-corrected chi connectivity index (χ4v) is 2.56. The number of amides is 1. The summed E-state index contributed by atoms with van der Waals surface area (Å²) in [7, 11) is 0. The van der Waals surface area contributed by atoms with Crippen molar-refractivity contribution in [2.45, 2.75) is 59.0 Å². The molecule has 0 atom stereocenters. The second kappa shape index (κ2) is 9.93. The number of ether oxygens (including phenoxy) is 1. The number of nitrogens with one attached hydrogen (secondary N) is 2. The maximum atomic E-state index is 11.9. The van der Waals surface area contributed by atoms with Gasteiger partial charge in [0.2, 0.25) is 0 Å². The number of benzene rings is 1. The van der Waals surface area contributed by atoms with E-state index in [0.29, 0.717) is 0 Å². The maximum absolute atomic E-state index is 11.9. The summed E-state index contributed by atoms with van der Waals surface area (Å²) in [5.74, 6) is 0.641. The van der Waals surface area contributed by atoms with Gasteiger partial charge in [-0.15, -0.1) is 0 Å².